The average Bonchev–Trinajstić information content (AvgIpc) is 2.95. The quantitative estimate of drug-likeness (QED) is 0.261. The molecule has 2 aromatic carbocycles. The largest absolute Gasteiger partial charge is 0.497 e. The summed E-state index contributed by atoms with van der Waals surface area (Å²) in [5, 5.41) is 0. The number of nitrogens with zero attached hydrogens (tertiary/aromatic N) is 2. The minimum atomic E-state index is -0.719. The predicted molar refractivity (Wildman–Crippen MR) is 153 cm³/mol. The van der Waals surface area contributed by atoms with E-state index >= 15 is 0 Å². The van der Waals surface area contributed by atoms with Gasteiger partial charge in [0.05, 0.1) is 14.2 Å². The summed E-state index contributed by atoms with van der Waals surface area (Å²) in [5.74, 6) is 1.16. The number of ether oxygens (including phenoxy) is 3. The Balaban J connectivity index is 1.68. The molecule has 7 heteroatoms. The lowest BCUT2D eigenvalue weighted by molar-refractivity contribution is -0.189. The van der Waals surface area contributed by atoms with Gasteiger partial charge in [-0.05, 0) is 73.7 Å². The van der Waals surface area contributed by atoms with E-state index in [4.69, 9.17) is 14.2 Å². The number of piperidine rings is 1. The van der Waals surface area contributed by atoms with E-state index < -0.39 is 11.0 Å². The zero-order chi connectivity index (χ0) is 28.0. The SMILES string of the molecule is C=CCN1CCC2(c3cccc(OC)c3)CC(N(C)C(=O)/C=C/c3cccc(OC)c3)CCC2(OC(C)=O)C1. The van der Waals surface area contributed by atoms with Crippen molar-refractivity contribution in [1.29, 1.82) is 0 Å². The van der Waals surface area contributed by atoms with Gasteiger partial charge in [0.1, 0.15) is 17.1 Å². The molecule has 0 N–H and O–H groups in total. The van der Waals surface area contributed by atoms with E-state index in [0.29, 0.717) is 19.4 Å². The minimum absolute atomic E-state index is 0.0201. The fourth-order valence-electron chi connectivity index (χ4n) is 6.46. The van der Waals surface area contributed by atoms with E-state index in [1.54, 1.807) is 20.3 Å². The van der Waals surface area contributed by atoms with E-state index in [-0.39, 0.29) is 17.9 Å². The summed E-state index contributed by atoms with van der Waals surface area (Å²) in [6.07, 6.45) is 8.19. The molecule has 1 aliphatic carbocycles. The lowest BCUT2D eigenvalue weighted by Gasteiger charge is -2.60. The highest BCUT2D eigenvalue weighted by Crippen LogP contribution is 2.54. The van der Waals surface area contributed by atoms with Crippen LogP contribution in [0.4, 0.5) is 0 Å². The standard InChI is InChI=1S/C32H40N2O5/c1-6-18-34-19-17-31(26-10-8-12-29(21-26)38-5)22-27(15-16-32(31,23-34)39-24(2)35)33(3)30(36)14-13-25-9-7-11-28(20-25)37-4/h6-14,20-21,27H,1,15-19,22-23H2,2-5H3/b14-13+. The Morgan fingerprint density at radius 2 is 1.82 bits per heavy atom. The summed E-state index contributed by atoms with van der Waals surface area (Å²) in [4.78, 5) is 30.0. The third-order valence-electron chi connectivity index (χ3n) is 8.43. The number of methoxy groups -OCH3 is 2. The van der Waals surface area contributed by atoms with Crippen molar-refractivity contribution in [2.24, 2.45) is 0 Å². The second-order valence-electron chi connectivity index (χ2n) is 10.6. The summed E-state index contributed by atoms with van der Waals surface area (Å²) in [6, 6.07) is 15.7. The third-order valence-corrected chi connectivity index (χ3v) is 8.43. The Morgan fingerprint density at radius 1 is 1.10 bits per heavy atom. The lowest BCUT2D eigenvalue weighted by Crippen LogP contribution is -2.68. The first-order valence-corrected chi connectivity index (χ1v) is 13.5. The van der Waals surface area contributed by atoms with Gasteiger partial charge in [-0.1, -0.05) is 30.3 Å². The molecule has 1 amide bonds. The van der Waals surface area contributed by atoms with Crippen molar-refractivity contribution in [3.63, 3.8) is 0 Å². The average molecular weight is 533 g/mol. The number of hydrogen-bond donors (Lipinski definition) is 0. The molecule has 1 saturated carbocycles. The van der Waals surface area contributed by atoms with Gasteiger partial charge in [-0.3, -0.25) is 14.5 Å². The maximum Gasteiger partial charge on any atom is 0.303 e. The highest BCUT2D eigenvalue weighted by atomic mass is 16.6. The fraction of sp³-hybridized carbons (Fsp3) is 0.438. The number of amides is 1. The molecule has 1 saturated heterocycles. The molecule has 2 fully saturated rings. The summed E-state index contributed by atoms with van der Waals surface area (Å²) < 4.78 is 17.2. The Bertz CT molecular complexity index is 1230. The molecule has 0 radical (unpaired) electrons. The Labute approximate surface area is 232 Å². The lowest BCUT2D eigenvalue weighted by atomic mass is 9.55. The van der Waals surface area contributed by atoms with Gasteiger partial charge in [-0.25, -0.2) is 0 Å². The third kappa shape index (κ3) is 5.88. The van der Waals surface area contributed by atoms with Crippen LogP contribution >= 0.6 is 0 Å². The van der Waals surface area contributed by atoms with Crippen LogP contribution in [-0.4, -0.2) is 74.2 Å². The van der Waals surface area contributed by atoms with Crippen LogP contribution in [-0.2, 0) is 19.7 Å². The van der Waals surface area contributed by atoms with Crippen molar-refractivity contribution in [2.75, 3.05) is 40.9 Å². The van der Waals surface area contributed by atoms with E-state index in [2.05, 4.69) is 23.6 Å². The second kappa shape index (κ2) is 12.1. The van der Waals surface area contributed by atoms with Crippen LogP contribution in [0.15, 0.2) is 67.3 Å². The fourth-order valence-corrected chi connectivity index (χ4v) is 6.46. The van der Waals surface area contributed by atoms with Crippen LogP contribution in [0.5, 0.6) is 11.5 Å². The number of carbonyl (C=O) groups is 2. The molecular weight excluding hydrogens is 492 g/mol. The molecule has 2 aromatic rings. The molecule has 2 aliphatic rings. The first-order valence-electron chi connectivity index (χ1n) is 13.5. The maximum absolute atomic E-state index is 13.3. The smallest absolute Gasteiger partial charge is 0.303 e. The Hall–Kier alpha value is -3.58. The monoisotopic (exact) mass is 532 g/mol. The first kappa shape index (κ1) is 28.4. The molecule has 0 bridgehead atoms. The number of benzene rings is 2. The van der Waals surface area contributed by atoms with E-state index in [1.807, 2.05) is 60.5 Å². The number of hydrogen-bond acceptors (Lipinski definition) is 6. The highest BCUT2D eigenvalue weighted by Gasteiger charge is 2.61. The van der Waals surface area contributed by atoms with E-state index in [9.17, 15) is 9.59 Å². The molecule has 1 heterocycles. The molecule has 0 aromatic heterocycles. The molecule has 1 aliphatic heterocycles. The van der Waals surface area contributed by atoms with Gasteiger partial charge in [0.25, 0.3) is 0 Å². The highest BCUT2D eigenvalue weighted by molar-refractivity contribution is 5.91. The Morgan fingerprint density at radius 3 is 2.51 bits per heavy atom. The molecule has 7 nitrogen and oxygen atoms in total. The number of likely N-dealkylation sites (tertiary alicyclic amines) is 1. The summed E-state index contributed by atoms with van der Waals surface area (Å²) in [7, 11) is 5.15. The zero-order valence-corrected chi connectivity index (χ0v) is 23.5. The first-order chi connectivity index (χ1) is 18.8. The van der Waals surface area contributed by atoms with E-state index in [0.717, 1.165) is 48.6 Å². The molecule has 208 valence electrons. The number of fused-ring (bicyclic) bond motifs is 1. The Kier molecular flexibility index (Phi) is 8.80. The molecular formula is C32H40N2O5. The van der Waals surface area contributed by atoms with Gasteiger partial charge in [0.15, 0.2) is 0 Å². The zero-order valence-electron chi connectivity index (χ0n) is 23.5. The van der Waals surface area contributed by atoms with Gasteiger partial charge < -0.3 is 19.1 Å². The normalized spacial score (nSPS) is 25.0. The number of rotatable bonds is 9. The van der Waals surface area contributed by atoms with Gasteiger partial charge in [0.2, 0.25) is 5.91 Å². The molecule has 3 unspecified atom stereocenters. The van der Waals surface area contributed by atoms with Crippen molar-refractivity contribution in [1.82, 2.24) is 9.80 Å². The molecule has 0 spiro atoms. The summed E-state index contributed by atoms with van der Waals surface area (Å²) in [5.41, 5.74) is 0.789. The van der Waals surface area contributed by atoms with Crippen molar-refractivity contribution in [2.45, 2.75) is 49.7 Å². The minimum Gasteiger partial charge on any atom is -0.497 e. The number of carbonyl (C=O) groups excluding carboxylic acids is 2. The van der Waals surface area contributed by atoms with Crippen LogP contribution in [0, 0.1) is 0 Å². The summed E-state index contributed by atoms with van der Waals surface area (Å²) >= 11 is 0. The van der Waals surface area contributed by atoms with Crippen LogP contribution in [0.2, 0.25) is 0 Å². The molecule has 39 heavy (non-hydrogen) atoms. The molecule has 3 atom stereocenters. The van der Waals surface area contributed by atoms with E-state index in [1.165, 1.54) is 6.92 Å². The van der Waals surface area contributed by atoms with Crippen molar-refractivity contribution in [3.8, 4) is 11.5 Å². The van der Waals surface area contributed by atoms with Crippen LogP contribution in [0.1, 0.15) is 43.7 Å². The van der Waals surface area contributed by atoms with Gasteiger partial charge in [-0.2, -0.15) is 0 Å². The topological polar surface area (TPSA) is 68.3 Å². The van der Waals surface area contributed by atoms with Gasteiger partial charge >= 0.3 is 5.97 Å². The summed E-state index contributed by atoms with van der Waals surface area (Å²) in [6.45, 7) is 7.60. The van der Waals surface area contributed by atoms with Crippen molar-refractivity contribution in [3.05, 3.63) is 78.4 Å². The van der Waals surface area contributed by atoms with Crippen molar-refractivity contribution >= 4 is 18.0 Å². The number of esters is 1. The second-order valence-corrected chi connectivity index (χ2v) is 10.6. The maximum atomic E-state index is 13.3. The van der Waals surface area contributed by atoms with Crippen molar-refractivity contribution < 1.29 is 23.8 Å². The van der Waals surface area contributed by atoms with Crippen LogP contribution in [0.3, 0.4) is 0 Å². The molecule has 4 rings (SSSR count). The van der Waals surface area contributed by atoms with Crippen LogP contribution in [0.25, 0.3) is 6.08 Å². The predicted octanol–water partition coefficient (Wildman–Crippen LogP) is 4.86. The van der Waals surface area contributed by atoms with Crippen LogP contribution < -0.4 is 9.47 Å². The van der Waals surface area contributed by atoms with Gasteiger partial charge in [-0.15, -0.1) is 6.58 Å². The van der Waals surface area contributed by atoms with Gasteiger partial charge in [0, 0.05) is 44.6 Å². The number of likely N-dealkylation sites (N-methyl/N-ethyl adjacent to an activating group) is 1.